The van der Waals surface area contributed by atoms with E-state index in [9.17, 15) is 9.90 Å². The van der Waals surface area contributed by atoms with Crippen LogP contribution < -0.4 is 5.32 Å². The van der Waals surface area contributed by atoms with E-state index in [1.54, 1.807) is 23.9 Å². The Kier molecular flexibility index (Phi) is 4.03. The molecule has 5 heteroatoms. The number of para-hydroxylation sites is 1. The van der Waals surface area contributed by atoms with Gasteiger partial charge in [0, 0.05) is 12.2 Å². The van der Waals surface area contributed by atoms with E-state index >= 15 is 0 Å². The molecule has 0 aliphatic carbocycles. The normalized spacial score (nSPS) is 14.5. The number of phenolic OH excluding ortho intramolecular Hbond substituents is 1. The van der Waals surface area contributed by atoms with E-state index in [-0.39, 0.29) is 11.7 Å². The molecule has 1 aromatic rings. The van der Waals surface area contributed by atoms with Crippen LogP contribution in [0.4, 0.5) is 0 Å². The van der Waals surface area contributed by atoms with Gasteiger partial charge in [-0.1, -0.05) is 30.0 Å². The van der Waals surface area contributed by atoms with Gasteiger partial charge < -0.3 is 10.4 Å². The number of nitrogens with zero attached hydrogens (tertiary/aromatic N) is 1. The van der Waals surface area contributed by atoms with Crippen LogP contribution in [0.25, 0.3) is 0 Å². The van der Waals surface area contributed by atoms with E-state index in [0.29, 0.717) is 18.0 Å². The van der Waals surface area contributed by atoms with Gasteiger partial charge in [-0.3, -0.25) is 9.79 Å². The predicted octanol–water partition coefficient (Wildman–Crippen LogP) is 1.54. The number of carbonyl (C=O) groups is 1. The van der Waals surface area contributed by atoms with Crippen LogP contribution in [-0.4, -0.2) is 28.5 Å². The number of aliphatic imine (C=N–C) groups is 1. The van der Waals surface area contributed by atoms with Crippen molar-refractivity contribution < 1.29 is 9.90 Å². The van der Waals surface area contributed by atoms with Gasteiger partial charge in [0.2, 0.25) is 5.91 Å². The first-order valence-electron chi connectivity index (χ1n) is 5.49. The first-order chi connectivity index (χ1) is 8.25. The van der Waals surface area contributed by atoms with Gasteiger partial charge in [0.05, 0.1) is 6.54 Å². The molecule has 0 bridgehead atoms. The Hall–Kier alpha value is -1.49. The summed E-state index contributed by atoms with van der Waals surface area (Å²) in [6.07, 6.45) is 0.896. The molecule has 90 valence electrons. The number of hydrogen-bond acceptors (Lipinski definition) is 4. The van der Waals surface area contributed by atoms with Gasteiger partial charge in [-0.25, -0.2) is 0 Å². The summed E-state index contributed by atoms with van der Waals surface area (Å²) < 4.78 is 0. The topological polar surface area (TPSA) is 61.7 Å². The Bertz CT molecular complexity index is 446. The molecule has 0 spiro atoms. The van der Waals surface area contributed by atoms with Crippen molar-refractivity contribution in [2.24, 2.45) is 4.99 Å². The van der Waals surface area contributed by atoms with E-state index in [0.717, 1.165) is 17.9 Å². The molecule has 0 atom stereocenters. The van der Waals surface area contributed by atoms with E-state index in [1.165, 1.54) is 0 Å². The van der Waals surface area contributed by atoms with Crippen LogP contribution in [0.3, 0.4) is 0 Å². The second-order valence-electron chi connectivity index (χ2n) is 3.71. The fourth-order valence-electron chi connectivity index (χ4n) is 1.56. The maximum absolute atomic E-state index is 11.6. The summed E-state index contributed by atoms with van der Waals surface area (Å²) in [5.74, 6) is 1.13. The molecular weight excluding hydrogens is 236 g/mol. The lowest BCUT2D eigenvalue weighted by Gasteiger charge is -2.05. The van der Waals surface area contributed by atoms with Crippen molar-refractivity contribution in [2.45, 2.75) is 12.8 Å². The Labute approximate surface area is 104 Å². The lowest BCUT2D eigenvalue weighted by molar-refractivity contribution is -0.119. The van der Waals surface area contributed by atoms with Gasteiger partial charge in [0.25, 0.3) is 0 Å². The first kappa shape index (κ1) is 12.0. The second-order valence-corrected chi connectivity index (χ2v) is 4.80. The van der Waals surface area contributed by atoms with E-state index in [2.05, 4.69) is 10.3 Å². The molecule has 1 aliphatic rings. The Morgan fingerprint density at radius 1 is 1.47 bits per heavy atom. The molecule has 1 aromatic carbocycles. The number of hydrogen-bond donors (Lipinski definition) is 2. The lowest BCUT2D eigenvalue weighted by Crippen LogP contribution is -2.27. The Morgan fingerprint density at radius 2 is 2.29 bits per heavy atom. The van der Waals surface area contributed by atoms with Crippen molar-refractivity contribution in [1.29, 1.82) is 0 Å². The Balaban J connectivity index is 1.82. The smallest absolute Gasteiger partial charge is 0.226 e. The summed E-state index contributed by atoms with van der Waals surface area (Å²) in [6, 6.07) is 7.07. The summed E-state index contributed by atoms with van der Waals surface area (Å²) in [7, 11) is 0. The van der Waals surface area contributed by atoms with Gasteiger partial charge in [0.15, 0.2) is 5.17 Å². The minimum absolute atomic E-state index is 0.0543. The zero-order valence-electron chi connectivity index (χ0n) is 9.35. The van der Waals surface area contributed by atoms with Gasteiger partial charge in [-0.15, -0.1) is 0 Å². The van der Waals surface area contributed by atoms with Crippen molar-refractivity contribution >= 4 is 22.8 Å². The van der Waals surface area contributed by atoms with Crippen molar-refractivity contribution in [2.75, 3.05) is 12.3 Å². The number of rotatable bonds is 3. The second kappa shape index (κ2) is 5.72. The minimum Gasteiger partial charge on any atom is -0.508 e. The monoisotopic (exact) mass is 250 g/mol. The summed E-state index contributed by atoms with van der Waals surface area (Å²) in [4.78, 5) is 15.7. The molecule has 17 heavy (non-hydrogen) atoms. The van der Waals surface area contributed by atoms with E-state index in [1.807, 2.05) is 12.1 Å². The largest absolute Gasteiger partial charge is 0.508 e. The fourth-order valence-corrected chi connectivity index (χ4v) is 2.31. The average Bonchev–Trinajstić information content (AvgIpc) is 2.81. The molecule has 2 rings (SSSR count). The fraction of sp³-hybridized carbons (Fsp3) is 0.333. The summed E-state index contributed by atoms with van der Waals surface area (Å²) in [5.41, 5.74) is 0.795. The molecule has 1 heterocycles. The number of amidine groups is 1. The van der Waals surface area contributed by atoms with Gasteiger partial charge in [-0.05, 0) is 18.1 Å². The lowest BCUT2D eigenvalue weighted by atomic mass is 10.1. The number of amides is 1. The molecule has 0 aromatic heterocycles. The van der Waals surface area contributed by atoms with Crippen LogP contribution in [-0.2, 0) is 11.2 Å². The highest BCUT2D eigenvalue weighted by molar-refractivity contribution is 8.14. The first-order valence-corrected chi connectivity index (χ1v) is 6.48. The number of phenols is 1. The van der Waals surface area contributed by atoms with Crippen LogP contribution in [0.5, 0.6) is 5.75 Å². The third-order valence-electron chi connectivity index (χ3n) is 2.44. The standard InChI is InChI=1S/C12H14N2O2S/c15-10-4-2-1-3-9(10)5-6-11(16)14-12-13-7-8-17-12/h1-4,15H,5-8H2,(H,13,14,16). The maximum atomic E-state index is 11.6. The highest BCUT2D eigenvalue weighted by Gasteiger charge is 2.11. The third kappa shape index (κ3) is 3.49. The average molecular weight is 250 g/mol. The van der Waals surface area contributed by atoms with Crippen molar-refractivity contribution in [3.8, 4) is 5.75 Å². The van der Waals surface area contributed by atoms with E-state index in [4.69, 9.17) is 0 Å². The number of benzene rings is 1. The number of thioether (sulfide) groups is 1. The van der Waals surface area contributed by atoms with Crippen LogP contribution in [0, 0.1) is 0 Å². The number of carbonyl (C=O) groups excluding carboxylic acids is 1. The Morgan fingerprint density at radius 3 is 3.00 bits per heavy atom. The zero-order valence-corrected chi connectivity index (χ0v) is 10.2. The SMILES string of the molecule is O=C(CCc1ccccc1O)NC1=NCCS1. The quantitative estimate of drug-likeness (QED) is 0.855. The third-order valence-corrected chi connectivity index (χ3v) is 3.34. The molecule has 0 unspecified atom stereocenters. The van der Waals surface area contributed by atoms with Crippen LogP contribution in [0.1, 0.15) is 12.0 Å². The van der Waals surface area contributed by atoms with Crippen molar-refractivity contribution in [3.05, 3.63) is 29.8 Å². The van der Waals surface area contributed by atoms with Gasteiger partial charge in [-0.2, -0.15) is 0 Å². The number of aromatic hydroxyl groups is 1. The summed E-state index contributed by atoms with van der Waals surface area (Å²) >= 11 is 1.56. The highest BCUT2D eigenvalue weighted by Crippen LogP contribution is 2.17. The molecule has 0 radical (unpaired) electrons. The van der Waals surface area contributed by atoms with Crippen LogP contribution >= 0.6 is 11.8 Å². The van der Waals surface area contributed by atoms with Crippen molar-refractivity contribution in [1.82, 2.24) is 5.32 Å². The van der Waals surface area contributed by atoms with Crippen LogP contribution in [0.15, 0.2) is 29.3 Å². The maximum Gasteiger partial charge on any atom is 0.226 e. The molecule has 2 N–H and O–H groups in total. The molecule has 4 nitrogen and oxygen atoms in total. The number of nitrogens with one attached hydrogen (secondary N) is 1. The van der Waals surface area contributed by atoms with Gasteiger partial charge >= 0.3 is 0 Å². The van der Waals surface area contributed by atoms with E-state index < -0.39 is 0 Å². The molecule has 1 amide bonds. The van der Waals surface area contributed by atoms with Crippen LogP contribution in [0.2, 0.25) is 0 Å². The zero-order chi connectivity index (χ0) is 12.1. The molecular formula is C12H14N2O2S. The predicted molar refractivity (Wildman–Crippen MR) is 69.3 cm³/mol. The van der Waals surface area contributed by atoms with Crippen molar-refractivity contribution in [3.63, 3.8) is 0 Å². The molecule has 0 saturated carbocycles. The van der Waals surface area contributed by atoms with Gasteiger partial charge in [0.1, 0.15) is 5.75 Å². The highest BCUT2D eigenvalue weighted by atomic mass is 32.2. The summed E-state index contributed by atoms with van der Waals surface area (Å²) in [6.45, 7) is 0.778. The number of aryl methyl sites for hydroxylation is 1. The molecule has 1 aliphatic heterocycles. The molecule has 0 saturated heterocycles. The summed E-state index contributed by atoms with van der Waals surface area (Å²) in [5, 5.41) is 13.0. The minimum atomic E-state index is -0.0543. The molecule has 0 fully saturated rings.